The molecule has 4 nitrogen and oxygen atoms in total. The van der Waals surface area contributed by atoms with Crippen molar-refractivity contribution in [3.63, 3.8) is 0 Å². The van der Waals surface area contributed by atoms with Gasteiger partial charge in [-0.1, -0.05) is 0 Å². The van der Waals surface area contributed by atoms with Crippen molar-refractivity contribution in [3.05, 3.63) is 18.2 Å². The normalized spacial score (nSPS) is 9.83. The molecule has 1 aromatic heterocycles. The van der Waals surface area contributed by atoms with Gasteiger partial charge in [-0.15, -0.1) is 0 Å². The summed E-state index contributed by atoms with van der Waals surface area (Å²) in [7, 11) is 0. The molecule has 0 aromatic carbocycles. The number of rotatable bonds is 3. The molecule has 0 amide bonds. The molecule has 0 saturated carbocycles. The molecule has 0 unspecified atom stereocenters. The van der Waals surface area contributed by atoms with E-state index in [1.165, 1.54) is 0 Å². The summed E-state index contributed by atoms with van der Waals surface area (Å²) in [6.07, 6.45) is 3.34. The Kier molecular flexibility index (Phi) is 2.85. The average molecular weight is 167 g/mol. The molecule has 1 rings (SSSR count). The average Bonchev–Trinajstić information content (AvgIpc) is 2.51. The fourth-order valence-corrected chi connectivity index (χ4v) is 0.980. The summed E-state index contributed by atoms with van der Waals surface area (Å²) in [4.78, 5) is 3.94. The van der Waals surface area contributed by atoms with Crippen LogP contribution in [-0.4, -0.2) is 22.1 Å². The third-order valence-corrected chi connectivity index (χ3v) is 1.57. The molecule has 0 bridgehead atoms. The van der Waals surface area contributed by atoms with Crippen LogP contribution in [0.3, 0.4) is 0 Å². The Labute approximate surface area is 71.7 Å². The monoisotopic (exact) mass is 167 g/mol. The number of aryl methyl sites for hydroxylation is 1. The maximum absolute atomic E-state index is 7.51. The third-order valence-electron chi connectivity index (χ3n) is 1.57. The minimum Gasteiger partial charge on any atom is -0.477 e. The van der Waals surface area contributed by atoms with Crippen LogP contribution in [-0.2, 0) is 11.3 Å². The molecule has 0 aliphatic rings. The molecule has 0 radical (unpaired) electrons. The summed E-state index contributed by atoms with van der Waals surface area (Å²) in [6, 6.07) is 0. The van der Waals surface area contributed by atoms with Crippen LogP contribution >= 0.6 is 0 Å². The number of hydrogen-bond donors (Lipinski definition) is 1. The molecule has 66 valence electrons. The van der Waals surface area contributed by atoms with Crippen LogP contribution < -0.4 is 0 Å². The quantitative estimate of drug-likeness (QED) is 0.544. The van der Waals surface area contributed by atoms with Gasteiger partial charge in [-0.25, -0.2) is 4.98 Å². The molecule has 0 saturated heterocycles. The number of aromatic nitrogens is 2. The van der Waals surface area contributed by atoms with Crippen molar-refractivity contribution >= 4 is 5.90 Å². The summed E-state index contributed by atoms with van der Waals surface area (Å²) in [5, 5.41) is 7.51. The van der Waals surface area contributed by atoms with Crippen molar-refractivity contribution in [1.29, 1.82) is 5.41 Å². The zero-order chi connectivity index (χ0) is 8.97. The molecule has 12 heavy (non-hydrogen) atoms. The maximum atomic E-state index is 7.51. The fraction of sp³-hybridized carbons (Fsp3) is 0.500. The van der Waals surface area contributed by atoms with Crippen LogP contribution in [0.15, 0.2) is 12.5 Å². The van der Waals surface area contributed by atoms with E-state index in [1.807, 2.05) is 18.4 Å². The summed E-state index contributed by atoms with van der Waals surface area (Å²) in [5.74, 6) is 0.192. The lowest BCUT2D eigenvalue weighted by molar-refractivity contribution is 0.323. The van der Waals surface area contributed by atoms with E-state index in [-0.39, 0.29) is 5.90 Å². The van der Waals surface area contributed by atoms with E-state index < -0.39 is 0 Å². The standard InChI is InChI=1S/C8H13N3O/c1-3-11-6-10-5-7(11)8(9)12-4-2/h5-6,9H,3-4H2,1-2H3. The summed E-state index contributed by atoms with van der Waals surface area (Å²) in [5.41, 5.74) is 0.736. The van der Waals surface area contributed by atoms with Gasteiger partial charge in [-0.3, -0.25) is 5.41 Å². The van der Waals surface area contributed by atoms with Crippen molar-refractivity contribution in [2.45, 2.75) is 20.4 Å². The van der Waals surface area contributed by atoms with Gasteiger partial charge in [0.1, 0.15) is 5.69 Å². The number of imidazole rings is 1. The van der Waals surface area contributed by atoms with E-state index in [2.05, 4.69) is 4.98 Å². The van der Waals surface area contributed by atoms with Crippen LogP contribution in [0.25, 0.3) is 0 Å². The van der Waals surface area contributed by atoms with Gasteiger partial charge >= 0.3 is 0 Å². The molecule has 0 fully saturated rings. The Morgan fingerprint density at radius 2 is 2.42 bits per heavy atom. The molecular formula is C8H13N3O. The van der Waals surface area contributed by atoms with Gasteiger partial charge in [0.25, 0.3) is 0 Å². The summed E-state index contributed by atoms with van der Waals surface area (Å²) >= 11 is 0. The van der Waals surface area contributed by atoms with Crippen LogP contribution in [0, 0.1) is 5.41 Å². The molecule has 0 atom stereocenters. The van der Waals surface area contributed by atoms with Crippen molar-refractivity contribution in [3.8, 4) is 0 Å². The lowest BCUT2D eigenvalue weighted by Crippen LogP contribution is -2.10. The van der Waals surface area contributed by atoms with Crippen LogP contribution in [0.5, 0.6) is 0 Å². The predicted octanol–water partition coefficient (Wildman–Crippen LogP) is 1.26. The van der Waals surface area contributed by atoms with Gasteiger partial charge in [-0.05, 0) is 13.8 Å². The highest BCUT2D eigenvalue weighted by atomic mass is 16.5. The molecule has 1 aromatic rings. The molecule has 0 aliphatic heterocycles. The van der Waals surface area contributed by atoms with Gasteiger partial charge in [-0.2, -0.15) is 0 Å². The van der Waals surface area contributed by atoms with Crippen LogP contribution in [0.4, 0.5) is 0 Å². The zero-order valence-electron chi connectivity index (χ0n) is 7.37. The number of nitrogens with zero attached hydrogens (tertiary/aromatic N) is 2. The SMILES string of the molecule is CCOC(=N)c1cncn1CC. The maximum Gasteiger partial charge on any atom is 0.232 e. The fourth-order valence-electron chi connectivity index (χ4n) is 0.980. The largest absolute Gasteiger partial charge is 0.477 e. The van der Waals surface area contributed by atoms with E-state index in [0.29, 0.717) is 6.61 Å². The highest BCUT2D eigenvalue weighted by molar-refractivity contribution is 5.89. The molecule has 4 heteroatoms. The first-order chi connectivity index (χ1) is 5.79. The summed E-state index contributed by atoms with van der Waals surface area (Å²) < 4.78 is 6.92. The molecule has 0 spiro atoms. The molecule has 1 heterocycles. The second-order valence-electron chi connectivity index (χ2n) is 2.33. The van der Waals surface area contributed by atoms with E-state index in [4.69, 9.17) is 10.1 Å². The van der Waals surface area contributed by atoms with Gasteiger partial charge in [0.2, 0.25) is 5.90 Å². The van der Waals surface area contributed by atoms with Gasteiger partial charge in [0, 0.05) is 6.54 Å². The van der Waals surface area contributed by atoms with Gasteiger partial charge in [0.05, 0.1) is 19.1 Å². The van der Waals surface area contributed by atoms with E-state index in [1.54, 1.807) is 12.5 Å². The van der Waals surface area contributed by atoms with E-state index >= 15 is 0 Å². The topological polar surface area (TPSA) is 50.9 Å². The van der Waals surface area contributed by atoms with E-state index in [9.17, 15) is 0 Å². The summed E-state index contributed by atoms with van der Waals surface area (Å²) in [6.45, 7) is 5.20. The number of nitrogens with one attached hydrogen (secondary N) is 1. The minimum atomic E-state index is 0.192. The molecular weight excluding hydrogens is 154 g/mol. The Balaban J connectivity index is 2.79. The van der Waals surface area contributed by atoms with Crippen molar-refractivity contribution < 1.29 is 4.74 Å². The second-order valence-corrected chi connectivity index (χ2v) is 2.33. The van der Waals surface area contributed by atoms with Crippen molar-refractivity contribution in [1.82, 2.24) is 9.55 Å². The van der Waals surface area contributed by atoms with Crippen molar-refractivity contribution in [2.75, 3.05) is 6.61 Å². The minimum absolute atomic E-state index is 0.192. The van der Waals surface area contributed by atoms with Crippen LogP contribution in [0.2, 0.25) is 0 Å². The molecule has 1 N–H and O–H groups in total. The van der Waals surface area contributed by atoms with Crippen molar-refractivity contribution in [2.24, 2.45) is 0 Å². The Morgan fingerprint density at radius 1 is 1.67 bits per heavy atom. The number of ether oxygens (including phenoxy) is 1. The molecule has 0 aliphatic carbocycles. The first kappa shape index (κ1) is 8.77. The second kappa shape index (κ2) is 3.90. The lowest BCUT2D eigenvalue weighted by atomic mass is 10.4. The number of hydrogen-bond acceptors (Lipinski definition) is 3. The predicted molar refractivity (Wildman–Crippen MR) is 46.4 cm³/mol. The first-order valence-electron chi connectivity index (χ1n) is 4.01. The third kappa shape index (κ3) is 1.64. The highest BCUT2D eigenvalue weighted by Gasteiger charge is 2.06. The first-order valence-corrected chi connectivity index (χ1v) is 4.01. The van der Waals surface area contributed by atoms with Gasteiger partial charge < -0.3 is 9.30 Å². The lowest BCUT2D eigenvalue weighted by Gasteiger charge is -2.06. The van der Waals surface area contributed by atoms with E-state index in [0.717, 1.165) is 12.2 Å². The van der Waals surface area contributed by atoms with Crippen LogP contribution in [0.1, 0.15) is 19.5 Å². The Bertz CT molecular complexity index is 267. The highest BCUT2D eigenvalue weighted by Crippen LogP contribution is 2.00. The van der Waals surface area contributed by atoms with Gasteiger partial charge in [0.15, 0.2) is 0 Å². The Morgan fingerprint density at radius 3 is 3.00 bits per heavy atom. The Hall–Kier alpha value is -1.32. The smallest absolute Gasteiger partial charge is 0.232 e. The zero-order valence-corrected chi connectivity index (χ0v) is 7.37.